The van der Waals surface area contributed by atoms with Gasteiger partial charge in [0.15, 0.2) is 0 Å². The quantitative estimate of drug-likeness (QED) is 0.676. The summed E-state index contributed by atoms with van der Waals surface area (Å²) in [6, 6.07) is 12.4. The third-order valence-corrected chi connectivity index (χ3v) is 5.13. The second kappa shape index (κ2) is 8.53. The van der Waals surface area contributed by atoms with Gasteiger partial charge < -0.3 is 10.5 Å². The van der Waals surface area contributed by atoms with Gasteiger partial charge in [-0.1, -0.05) is 12.1 Å². The first kappa shape index (κ1) is 19.3. The smallest absolute Gasteiger partial charge is 0.220 e. The highest BCUT2D eigenvalue weighted by Crippen LogP contribution is 2.36. The molecule has 1 unspecified atom stereocenters. The van der Waals surface area contributed by atoms with E-state index < -0.39 is 0 Å². The minimum Gasteiger partial charge on any atom is -0.492 e. The van der Waals surface area contributed by atoms with E-state index in [2.05, 4.69) is 14.9 Å². The molecular formula is C22H22F2N4O. The van der Waals surface area contributed by atoms with Crippen LogP contribution in [-0.2, 0) is 0 Å². The molecule has 4 rings (SSSR count). The number of nitrogens with zero attached hydrogens (tertiary/aromatic N) is 3. The molecule has 1 atom stereocenters. The van der Waals surface area contributed by atoms with Gasteiger partial charge >= 0.3 is 0 Å². The van der Waals surface area contributed by atoms with Crippen molar-refractivity contribution in [3.8, 4) is 16.9 Å². The van der Waals surface area contributed by atoms with Crippen LogP contribution in [0.15, 0.2) is 54.7 Å². The van der Waals surface area contributed by atoms with Crippen molar-refractivity contribution < 1.29 is 13.5 Å². The van der Waals surface area contributed by atoms with Gasteiger partial charge in [-0.05, 0) is 61.3 Å². The van der Waals surface area contributed by atoms with Gasteiger partial charge in [0, 0.05) is 18.3 Å². The fraction of sp³-hybridized carbons (Fsp3) is 0.273. The maximum absolute atomic E-state index is 13.3. The van der Waals surface area contributed by atoms with Crippen molar-refractivity contribution >= 4 is 5.95 Å². The first-order valence-corrected chi connectivity index (χ1v) is 9.61. The SMILES string of the molecule is Nc1ncc(-c2ccc(F)cc2)c(C2CCCN2CCOc2ccc(F)cc2)n1. The van der Waals surface area contributed by atoms with E-state index in [0.717, 1.165) is 36.2 Å². The first-order valence-electron chi connectivity index (χ1n) is 9.61. The third-order valence-electron chi connectivity index (χ3n) is 5.13. The first-order chi connectivity index (χ1) is 14.1. The summed E-state index contributed by atoms with van der Waals surface area (Å²) in [5.41, 5.74) is 8.44. The number of halogens is 2. The van der Waals surface area contributed by atoms with E-state index in [4.69, 9.17) is 10.5 Å². The zero-order valence-corrected chi connectivity index (χ0v) is 15.9. The number of rotatable bonds is 6. The van der Waals surface area contributed by atoms with Crippen LogP contribution in [0.4, 0.5) is 14.7 Å². The Kier molecular flexibility index (Phi) is 5.67. The number of nitrogen functional groups attached to an aromatic ring is 1. The van der Waals surface area contributed by atoms with Crippen molar-refractivity contribution in [3.05, 3.63) is 72.1 Å². The van der Waals surface area contributed by atoms with Crippen LogP contribution in [0.1, 0.15) is 24.6 Å². The average Bonchev–Trinajstić information content (AvgIpc) is 3.19. The molecule has 7 heteroatoms. The topological polar surface area (TPSA) is 64.3 Å². The number of benzene rings is 2. The Balaban J connectivity index is 1.51. The van der Waals surface area contributed by atoms with Crippen molar-refractivity contribution in [1.29, 1.82) is 0 Å². The van der Waals surface area contributed by atoms with E-state index >= 15 is 0 Å². The zero-order chi connectivity index (χ0) is 20.2. The number of aromatic nitrogens is 2. The lowest BCUT2D eigenvalue weighted by Gasteiger charge is -2.25. The maximum Gasteiger partial charge on any atom is 0.220 e. The Labute approximate surface area is 168 Å². The van der Waals surface area contributed by atoms with E-state index in [1.807, 2.05) is 0 Å². The summed E-state index contributed by atoms with van der Waals surface area (Å²) in [7, 11) is 0. The van der Waals surface area contributed by atoms with Gasteiger partial charge in [-0.25, -0.2) is 18.7 Å². The van der Waals surface area contributed by atoms with Gasteiger partial charge in [0.25, 0.3) is 0 Å². The molecule has 1 fully saturated rings. The average molecular weight is 396 g/mol. The molecule has 2 aromatic carbocycles. The lowest BCUT2D eigenvalue weighted by molar-refractivity contribution is 0.195. The summed E-state index contributed by atoms with van der Waals surface area (Å²) in [5.74, 6) is 0.291. The fourth-order valence-corrected chi connectivity index (χ4v) is 3.73. The van der Waals surface area contributed by atoms with Crippen LogP contribution in [0.25, 0.3) is 11.1 Å². The van der Waals surface area contributed by atoms with Crippen LogP contribution in [0.5, 0.6) is 5.75 Å². The second-order valence-electron chi connectivity index (χ2n) is 7.03. The summed E-state index contributed by atoms with van der Waals surface area (Å²) in [4.78, 5) is 11.0. The van der Waals surface area contributed by atoms with Crippen LogP contribution in [0.3, 0.4) is 0 Å². The van der Waals surface area contributed by atoms with E-state index in [1.54, 1.807) is 30.5 Å². The highest BCUT2D eigenvalue weighted by atomic mass is 19.1. The van der Waals surface area contributed by atoms with Gasteiger partial charge in [0.1, 0.15) is 24.0 Å². The van der Waals surface area contributed by atoms with Crippen molar-refractivity contribution in [2.45, 2.75) is 18.9 Å². The predicted octanol–water partition coefficient (Wildman–Crippen LogP) is 4.22. The molecule has 0 bridgehead atoms. The number of nitrogens with two attached hydrogens (primary N) is 1. The molecule has 1 aliphatic rings. The van der Waals surface area contributed by atoms with E-state index in [-0.39, 0.29) is 23.6 Å². The highest BCUT2D eigenvalue weighted by molar-refractivity contribution is 5.66. The number of ether oxygens (including phenoxy) is 1. The Bertz CT molecular complexity index is 964. The summed E-state index contributed by atoms with van der Waals surface area (Å²) in [6.45, 7) is 2.10. The standard InChI is InChI=1S/C22H22F2N4O/c23-16-5-3-15(4-6-16)19-14-26-22(25)27-21(19)20-2-1-11-28(20)12-13-29-18-9-7-17(24)8-10-18/h3-10,14,20H,1-2,11-13H2,(H2,25,26,27). The van der Waals surface area contributed by atoms with Crippen LogP contribution in [-0.4, -0.2) is 34.6 Å². The van der Waals surface area contributed by atoms with Gasteiger partial charge in [-0.3, -0.25) is 4.90 Å². The molecule has 3 aromatic rings. The molecule has 0 aliphatic carbocycles. The highest BCUT2D eigenvalue weighted by Gasteiger charge is 2.29. The summed E-state index contributed by atoms with van der Waals surface area (Å²) >= 11 is 0. The summed E-state index contributed by atoms with van der Waals surface area (Å²) in [5, 5.41) is 0. The Morgan fingerprint density at radius 1 is 1.03 bits per heavy atom. The van der Waals surface area contributed by atoms with Crippen LogP contribution in [0, 0.1) is 11.6 Å². The molecule has 1 aliphatic heterocycles. The lowest BCUT2D eigenvalue weighted by Crippen LogP contribution is -2.29. The molecule has 1 aromatic heterocycles. The third kappa shape index (κ3) is 4.51. The van der Waals surface area contributed by atoms with E-state index in [0.29, 0.717) is 18.9 Å². The van der Waals surface area contributed by atoms with Crippen molar-refractivity contribution in [3.63, 3.8) is 0 Å². The molecular weight excluding hydrogens is 374 g/mol. The number of hydrogen-bond donors (Lipinski definition) is 1. The fourth-order valence-electron chi connectivity index (χ4n) is 3.73. The molecule has 1 saturated heterocycles. The van der Waals surface area contributed by atoms with Crippen molar-refractivity contribution in [2.24, 2.45) is 0 Å². The maximum atomic E-state index is 13.3. The summed E-state index contributed by atoms with van der Waals surface area (Å²) in [6.07, 6.45) is 3.69. The molecule has 0 spiro atoms. The van der Waals surface area contributed by atoms with Gasteiger partial charge in [-0.2, -0.15) is 0 Å². The van der Waals surface area contributed by atoms with E-state index in [9.17, 15) is 8.78 Å². The van der Waals surface area contributed by atoms with Gasteiger partial charge in [0.05, 0.1) is 11.7 Å². The number of likely N-dealkylation sites (tertiary alicyclic amines) is 1. The predicted molar refractivity (Wildman–Crippen MR) is 107 cm³/mol. The minimum absolute atomic E-state index is 0.0807. The molecule has 2 heterocycles. The molecule has 29 heavy (non-hydrogen) atoms. The minimum atomic E-state index is -0.286. The Morgan fingerprint density at radius 3 is 2.45 bits per heavy atom. The Morgan fingerprint density at radius 2 is 1.72 bits per heavy atom. The summed E-state index contributed by atoms with van der Waals surface area (Å²) < 4.78 is 32.1. The molecule has 5 nitrogen and oxygen atoms in total. The molecule has 0 radical (unpaired) electrons. The van der Waals surface area contributed by atoms with Crippen LogP contribution >= 0.6 is 0 Å². The Hall–Kier alpha value is -3.06. The number of anilines is 1. The van der Waals surface area contributed by atoms with Crippen LogP contribution in [0.2, 0.25) is 0 Å². The molecule has 2 N–H and O–H groups in total. The molecule has 0 amide bonds. The van der Waals surface area contributed by atoms with Crippen molar-refractivity contribution in [1.82, 2.24) is 14.9 Å². The van der Waals surface area contributed by atoms with Crippen molar-refractivity contribution in [2.75, 3.05) is 25.4 Å². The van der Waals surface area contributed by atoms with Gasteiger partial charge in [-0.15, -0.1) is 0 Å². The normalized spacial score (nSPS) is 16.8. The van der Waals surface area contributed by atoms with E-state index in [1.165, 1.54) is 24.3 Å². The largest absolute Gasteiger partial charge is 0.492 e. The molecule has 0 saturated carbocycles. The second-order valence-corrected chi connectivity index (χ2v) is 7.03. The van der Waals surface area contributed by atoms with Gasteiger partial charge in [0.2, 0.25) is 5.95 Å². The zero-order valence-electron chi connectivity index (χ0n) is 15.9. The lowest BCUT2D eigenvalue weighted by atomic mass is 10.00. The monoisotopic (exact) mass is 396 g/mol. The van der Waals surface area contributed by atoms with Crippen LogP contribution < -0.4 is 10.5 Å². The number of hydrogen-bond acceptors (Lipinski definition) is 5. The molecule has 150 valence electrons.